The van der Waals surface area contributed by atoms with Gasteiger partial charge >= 0.3 is 6.18 Å². The van der Waals surface area contributed by atoms with E-state index in [1.54, 1.807) is 14.1 Å². The molecule has 2 aromatic rings. The predicted molar refractivity (Wildman–Crippen MR) is 99.0 cm³/mol. The molecule has 6 nitrogen and oxygen atoms in total. The first kappa shape index (κ1) is 21.9. The van der Waals surface area contributed by atoms with Crippen LogP contribution in [0.4, 0.5) is 19.1 Å². The Morgan fingerprint density at radius 1 is 1.29 bits per heavy atom. The predicted octanol–water partition coefficient (Wildman–Crippen LogP) is 3.03. The lowest BCUT2D eigenvalue weighted by Crippen LogP contribution is -2.31. The monoisotopic (exact) mass is 417 g/mol. The molecular weight excluding hydrogens is 399 g/mol. The van der Waals surface area contributed by atoms with E-state index in [0.717, 1.165) is 24.3 Å². The molecule has 2 rings (SSSR count). The van der Waals surface area contributed by atoms with Crippen molar-refractivity contribution in [3.8, 4) is 0 Å². The summed E-state index contributed by atoms with van der Waals surface area (Å²) in [5.41, 5.74) is -2.65. The number of hydrogen-bond acceptors (Lipinski definition) is 5. The van der Waals surface area contributed by atoms with E-state index >= 15 is 0 Å². The number of rotatable bonds is 6. The number of halogens is 4. The Morgan fingerprint density at radius 3 is 2.43 bits per heavy atom. The molecule has 152 valence electrons. The highest BCUT2D eigenvalue weighted by molar-refractivity contribution is 6.31. The number of carbonyl (C=O) groups is 1. The second-order valence-electron chi connectivity index (χ2n) is 6.86. The third-order valence-electron chi connectivity index (χ3n) is 4.28. The topological polar surface area (TPSA) is 86.3 Å². The summed E-state index contributed by atoms with van der Waals surface area (Å²) in [6, 6.07) is 3.77. The van der Waals surface area contributed by atoms with Gasteiger partial charge in [0.15, 0.2) is 5.78 Å². The number of ketones is 1. The summed E-state index contributed by atoms with van der Waals surface area (Å²) in [5, 5.41) is 9.64. The third kappa shape index (κ3) is 4.71. The number of aromatic amines is 1. The molecule has 0 saturated heterocycles. The van der Waals surface area contributed by atoms with Crippen molar-refractivity contribution in [3.05, 3.63) is 56.5 Å². The Bertz CT molecular complexity index is 944. The molecular formula is C18H19ClF3N3O3. The Hall–Kier alpha value is -2.39. The number of hydrogen-bond donors (Lipinski definition) is 2. The molecule has 1 heterocycles. The van der Waals surface area contributed by atoms with E-state index in [4.69, 9.17) is 11.6 Å². The molecule has 0 radical (unpaired) electrons. The number of benzene rings is 1. The first-order valence-corrected chi connectivity index (χ1v) is 8.55. The molecule has 10 heteroatoms. The molecule has 0 amide bonds. The average Bonchev–Trinajstić information content (AvgIpc) is 2.59. The van der Waals surface area contributed by atoms with E-state index in [1.807, 2.05) is 0 Å². The highest BCUT2D eigenvalue weighted by atomic mass is 35.5. The fourth-order valence-corrected chi connectivity index (χ4v) is 3.07. The number of carbonyl (C=O) groups excluding carboxylic acids is 1. The molecule has 0 bridgehead atoms. The number of alkyl halides is 3. The van der Waals surface area contributed by atoms with Gasteiger partial charge < -0.3 is 10.0 Å². The van der Waals surface area contributed by atoms with Crippen molar-refractivity contribution in [2.24, 2.45) is 0 Å². The lowest BCUT2D eigenvalue weighted by Gasteiger charge is -2.28. The molecule has 0 aliphatic heterocycles. The van der Waals surface area contributed by atoms with Crippen LogP contribution in [-0.4, -0.2) is 41.6 Å². The van der Waals surface area contributed by atoms with Crippen molar-refractivity contribution < 1.29 is 23.1 Å². The van der Waals surface area contributed by atoms with E-state index in [9.17, 15) is 27.9 Å². The molecule has 0 spiro atoms. The summed E-state index contributed by atoms with van der Waals surface area (Å²) < 4.78 is 38.5. The highest BCUT2D eigenvalue weighted by Gasteiger charge is 2.35. The number of aromatic nitrogens is 2. The molecule has 0 saturated carbocycles. The Morgan fingerprint density at radius 2 is 1.93 bits per heavy atom. The zero-order chi connectivity index (χ0) is 21.3. The average molecular weight is 418 g/mol. The van der Waals surface area contributed by atoms with Crippen LogP contribution in [-0.2, 0) is 11.6 Å². The molecule has 0 aliphatic carbocycles. The zero-order valence-electron chi connectivity index (χ0n) is 15.4. The summed E-state index contributed by atoms with van der Waals surface area (Å²) in [4.78, 5) is 32.5. The van der Waals surface area contributed by atoms with E-state index in [0.29, 0.717) is 0 Å². The minimum Gasteiger partial charge on any atom is -0.395 e. The van der Waals surface area contributed by atoms with Crippen LogP contribution >= 0.6 is 11.6 Å². The Kier molecular flexibility index (Phi) is 6.20. The number of nitrogens with one attached hydrogen (secondary N) is 1. The first-order valence-electron chi connectivity index (χ1n) is 8.17. The van der Waals surface area contributed by atoms with Crippen molar-refractivity contribution >= 4 is 23.3 Å². The van der Waals surface area contributed by atoms with Crippen LogP contribution in [0.25, 0.3) is 0 Å². The van der Waals surface area contributed by atoms with Crippen molar-refractivity contribution in [3.63, 3.8) is 0 Å². The van der Waals surface area contributed by atoms with Gasteiger partial charge in [-0.05, 0) is 17.7 Å². The number of aliphatic hydroxyl groups excluding tert-OH is 1. The number of nitrogens with zero attached hydrogens (tertiary/aromatic N) is 2. The second kappa shape index (κ2) is 7.92. The van der Waals surface area contributed by atoms with Gasteiger partial charge in [0.25, 0.3) is 5.56 Å². The SMILES string of the molecule is CN(C)c1nc(C(=O)C[C@@](C)(CO)c2ccc(C(F)(F)F)cc2Cl)cc(=O)[nH]1. The molecule has 28 heavy (non-hydrogen) atoms. The molecule has 1 atom stereocenters. The van der Waals surface area contributed by atoms with Gasteiger partial charge in [-0.3, -0.25) is 14.6 Å². The summed E-state index contributed by atoms with van der Waals surface area (Å²) in [5.74, 6) is -0.379. The highest BCUT2D eigenvalue weighted by Crippen LogP contribution is 2.38. The van der Waals surface area contributed by atoms with Crippen LogP contribution in [0.15, 0.2) is 29.1 Å². The molecule has 2 N–H and O–H groups in total. The summed E-state index contributed by atoms with van der Waals surface area (Å²) >= 11 is 6.02. The van der Waals surface area contributed by atoms with E-state index in [1.165, 1.54) is 11.8 Å². The van der Waals surface area contributed by atoms with Crippen molar-refractivity contribution in [1.29, 1.82) is 0 Å². The van der Waals surface area contributed by atoms with Gasteiger partial charge in [-0.1, -0.05) is 24.6 Å². The zero-order valence-corrected chi connectivity index (χ0v) is 16.1. The standard InChI is InChI=1S/C18H19ClF3N3O3/c1-17(9-26,11-5-4-10(6-12(11)19)18(20,21)22)8-14(27)13-7-15(28)24-16(23-13)25(2)3/h4-7,26H,8-9H2,1-3H3,(H,23,24,28)/t17-/m0/s1. The van der Waals surface area contributed by atoms with Crippen LogP contribution in [0, 0.1) is 0 Å². The van der Waals surface area contributed by atoms with E-state index in [-0.39, 0.29) is 28.6 Å². The Balaban J connectivity index is 2.40. The van der Waals surface area contributed by atoms with Gasteiger partial charge in [0.1, 0.15) is 5.69 Å². The quantitative estimate of drug-likeness (QED) is 0.705. The van der Waals surface area contributed by atoms with Crippen molar-refractivity contribution in [2.75, 3.05) is 25.6 Å². The fourth-order valence-electron chi connectivity index (χ4n) is 2.66. The van der Waals surface area contributed by atoms with Gasteiger partial charge in [-0.15, -0.1) is 0 Å². The summed E-state index contributed by atoms with van der Waals surface area (Å²) in [6.07, 6.45) is -4.87. The third-order valence-corrected chi connectivity index (χ3v) is 4.60. The first-order chi connectivity index (χ1) is 12.9. The maximum absolute atomic E-state index is 12.8. The number of H-pyrrole nitrogens is 1. The number of Topliss-reactive ketones (excluding diaryl/α,β-unsaturated/α-hetero) is 1. The van der Waals surface area contributed by atoms with Crippen molar-refractivity contribution in [1.82, 2.24) is 9.97 Å². The lowest BCUT2D eigenvalue weighted by atomic mass is 9.78. The minimum absolute atomic E-state index is 0.116. The number of anilines is 1. The maximum atomic E-state index is 12.8. The van der Waals surface area contributed by atoms with Gasteiger partial charge in [0, 0.05) is 37.0 Å². The molecule has 0 fully saturated rings. The summed E-state index contributed by atoms with van der Waals surface area (Å²) in [7, 11) is 3.26. The smallest absolute Gasteiger partial charge is 0.395 e. The maximum Gasteiger partial charge on any atom is 0.416 e. The molecule has 1 aromatic heterocycles. The fraction of sp³-hybridized carbons (Fsp3) is 0.389. The van der Waals surface area contributed by atoms with Crippen molar-refractivity contribution in [2.45, 2.75) is 24.9 Å². The van der Waals surface area contributed by atoms with Gasteiger partial charge in [-0.25, -0.2) is 4.98 Å². The minimum atomic E-state index is -4.56. The molecule has 1 aromatic carbocycles. The summed E-state index contributed by atoms with van der Waals surface area (Å²) in [6.45, 7) is 0.951. The molecule has 0 unspecified atom stereocenters. The normalized spacial score (nSPS) is 13.9. The Labute approximate surface area is 164 Å². The lowest BCUT2D eigenvalue weighted by molar-refractivity contribution is -0.137. The second-order valence-corrected chi connectivity index (χ2v) is 7.27. The largest absolute Gasteiger partial charge is 0.416 e. The van der Waals surface area contributed by atoms with Crippen LogP contribution in [0.2, 0.25) is 5.02 Å². The van der Waals surface area contributed by atoms with E-state index in [2.05, 4.69) is 9.97 Å². The number of aliphatic hydroxyl groups is 1. The van der Waals surface area contributed by atoms with Gasteiger partial charge in [0.2, 0.25) is 5.95 Å². The van der Waals surface area contributed by atoms with Crippen LogP contribution in [0.3, 0.4) is 0 Å². The van der Waals surface area contributed by atoms with Gasteiger partial charge in [0.05, 0.1) is 12.2 Å². The molecule has 0 aliphatic rings. The van der Waals surface area contributed by atoms with Crippen LogP contribution in [0.5, 0.6) is 0 Å². The van der Waals surface area contributed by atoms with E-state index < -0.39 is 35.1 Å². The van der Waals surface area contributed by atoms with Gasteiger partial charge in [-0.2, -0.15) is 13.2 Å². The van der Waals surface area contributed by atoms with Crippen LogP contribution < -0.4 is 10.5 Å². The van der Waals surface area contributed by atoms with Crippen LogP contribution in [0.1, 0.15) is 35.0 Å².